The molecule has 8 heteroatoms. The van der Waals surface area contributed by atoms with E-state index >= 15 is 0 Å². The number of esters is 1. The zero-order chi connectivity index (χ0) is 29.8. The second-order valence-electron chi connectivity index (χ2n) is 10.4. The van der Waals surface area contributed by atoms with Crippen LogP contribution in [0.25, 0.3) is 20.5 Å². The lowest BCUT2D eigenvalue weighted by Crippen LogP contribution is -2.25. The maximum Gasteiger partial charge on any atom is 0.343 e. The molecule has 0 unspecified atom stereocenters. The third-order valence-electron chi connectivity index (χ3n) is 7.55. The first kappa shape index (κ1) is 28.7. The minimum Gasteiger partial charge on any atom is -0.488 e. The van der Waals surface area contributed by atoms with Crippen LogP contribution in [0.4, 0.5) is 8.78 Å². The minimum absolute atomic E-state index is 0.186. The van der Waals surface area contributed by atoms with Gasteiger partial charge in [-0.1, -0.05) is 42.5 Å². The van der Waals surface area contributed by atoms with E-state index in [9.17, 15) is 18.4 Å². The van der Waals surface area contributed by atoms with Crippen molar-refractivity contribution in [1.82, 2.24) is 4.90 Å². The largest absolute Gasteiger partial charge is 0.488 e. The van der Waals surface area contributed by atoms with Crippen LogP contribution in [0.2, 0.25) is 0 Å². The van der Waals surface area contributed by atoms with E-state index in [1.165, 1.54) is 48.4 Å². The van der Waals surface area contributed by atoms with Crippen molar-refractivity contribution < 1.29 is 27.8 Å². The summed E-state index contributed by atoms with van der Waals surface area (Å²) >= 11 is 1.46. The van der Waals surface area contributed by atoms with Crippen molar-refractivity contribution in [1.29, 1.82) is 0 Å². The number of ketones is 1. The minimum atomic E-state index is -0.651. The first-order valence-corrected chi connectivity index (χ1v) is 15.0. The Balaban J connectivity index is 1.38. The van der Waals surface area contributed by atoms with Crippen LogP contribution >= 0.6 is 11.3 Å². The normalized spacial score (nSPS) is 13.3. The van der Waals surface area contributed by atoms with E-state index in [-0.39, 0.29) is 17.1 Å². The molecular weight excluding hydrogens is 568 g/mol. The number of halogens is 2. The molecular formula is C35H29F2NO4S. The summed E-state index contributed by atoms with van der Waals surface area (Å²) in [5.74, 6) is -0.688. The Hall–Kier alpha value is -4.40. The second-order valence-corrected chi connectivity index (χ2v) is 11.5. The summed E-state index contributed by atoms with van der Waals surface area (Å²) in [5, 5.41) is 0.804. The molecule has 0 radical (unpaired) electrons. The third-order valence-corrected chi connectivity index (χ3v) is 8.77. The van der Waals surface area contributed by atoms with Crippen LogP contribution in [0.5, 0.6) is 11.5 Å². The van der Waals surface area contributed by atoms with Gasteiger partial charge >= 0.3 is 5.97 Å². The lowest BCUT2D eigenvalue weighted by molar-refractivity contribution is 0.0727. The maximum atomic E-state index is 13.9. The van der Waals surface area contributed by atoms with Crippen LogP contribution in [0.1, 0.15) is 44.7 Å². The van der Waals surface area contributed by atoms with E-state index < -0.39 is 18.5 Å². The van der Waals surface area contributed by atoms with E-state index in [0.717, 1.165) is 29.7 Å². The van der Waals surface area contributed by atoms with Gasteiger partial charge in [-0.3, -0.25) is 9.69 Å². The molecule has 0 spiro atoms. The summed E-state index contributed by atoms with van der Waals surface area (Å²) < 4.78 is 39.5. The highest BCUT2D eigenvalue weighted by Crippen LogP contribution is 2.42. The Bertz CT molecular complexity index is 1760. The number of alkyl halides is 1. The maximum absolute atomic E-state index is 13.9. The quantitative estimate of drug-likeness (QED) is 0.0925. The molecule has 43 heavy (non-hydrogen) atoms. The van der Waals surface area contributed by atoms with Crippen LogP contribution in [0.15, 0.2) is 91.0 Å². The lowest BCUT2D eigenvalue weighted by Gasteiger charge is -2.17. The molecule has 0 N–H and O–H groups in total. The van der Waals surface area contributed by atoms with Gasteiger partial charge in [-0.05, 0) is 85.6 Å². The number of thiophene rings is 1. The molecule has 2 heterocycles. The Morgan fingerprint density at radius 1 is 0.837 bits per heavy atom. The highest BCUT2D eigenvalue weighted by Gasteiger charge is 2.23. The predicted octanol–water partition coefficient (Wildman–Crippen LogP) is 8.10. The van der Waals surface area contributed by atoms with Crippen molar-refractivity contribution in [2.45, 2.75) is 19.5 Å². The molecule has 0 amide bonds. The predicted molar refractivity (Wildman–Crippen MR) is 164 cm³/mol. The van der Waals surface area contributed by atoms with Crippen LogP contribution < -0.4 is 9.47 Å². The number of carbonyl (C=O) groups excluding carboxylic acids is 2. The summed E-state index contributed by atoms with van der Waals surface area (Å²) in [7, 11) is 0. The fourth-order valence-electron chi connectivity index (χ4n) is 5.25. The van der Waals surface area contributed by atoms with Crippen molar-refractivity contribution >= 4 is 33.2 Å². The number of fused-ring (bicyclic) bond motifs is 1. The van der Waals surface area contributed by atoms with Crippen molar-refractivity contribution in [2.24, 2.45) is 0 Å². The van der Waals surface area contributed by atoms with Crippen molar-refractivity contribution in [3.05, 3.63) is 119 Å². The third kappa shape index (κ3) is 6.35. The van der Waals surface area contributed by atoms with Gasteiger partial charge in [0.1, 0.15) is 19.1 Å². The molecule has 1 aromatic heterocycles. The molecule has 1 saturated heterocycles. The summed E-state index contributed by atoms with van der Waals surface area (Å²) in [6, 6.07) is 24.6. The van der Waals surface area contributed by atoms with Crippen LogP contribution in [0.3, 0.4) is 0 Å². The molecule has 218 valence electrons. The van der Waals surface area contributed by atoms with Gasteiger partial charge in [-0.15, -0.1) is 11.3 Å². The standard InChI is InChI=1S/C35H29F2NO4S/c36-22-23-7-9-24(10-8-23)33(39)32-28-5-1-2-6-31(28)43-34(32)26-13-16-29(41-20-19-38-17-3-4-18-38)30(21-26)42-35(40)25-11-14-27(37)15-12-25/h1-2,5-16,21H,3-4,17-20,22H2. The van der Waals surface area contributed by atoms with Gasteiger partial charge in [0.05, 0.1) is 5.56 Å². The van der Waals surface area contributed by atoms with E-state index in [0.29, 0.717) is 39.5 Å². The van der Waals surface area contributed by atoms with Crippen molar-refractivity contribution in [3.8, 4) is 21.9 Å². The molecule has 6 rings (SSSR count). The molecule has 0 aliphatic carbocycles. The highest BCUT2D eigenvalue weighted by molar-refractivity contribution is 7.22. The summed E-state index contributed by atoms with van der Waals surface area (Å²) in [4.78, 5) is 30.0. The first-order valence-electron chi connectivity index (χ1n) is 14.2. The molecule has 5 aromatic rings. The smallest absolute Gasteiger partial charge is 0.343 e. The van der Waals surface area contributed by atoms with Gasteiger partial charge < -0.3 is 9.47 Å². The Morgan fingerprint density at radius 3 is 2.30 bits per heavy atom. The summed E-state index contributed by atoms with van der Waals surface area (Å²) in [5.41, 5.74) is 2.35. The van der Waals surface area contributed by atoms with Gasteiger partial charge in [0, 0.05) is 32.6 Å². The summed E-state index contributed by atoms with van der Waals surface area (Å²) in [6.45, 7) is 2.64. The fraction of sp³-hybridized carbons (Fsp3) is 0.200. The van der Waals surface area contributed by atoms with E-state index in [4.69, 9.17) is 9.47 Å². The number of rotatable bonds is 10. The van der Waals surface area contributed by atoms with Gasteiger partial charge in [0.15, 0.2) is 17.3 Å². The van der Waals surface area contributed by atoms with Crippen LogP contribution in [-0.2, 0) is 6.67 Å². The molecule has 1 fully saturated rings. The van der Waals surface area contributed by atoms with Crippen LogP contribution in [0, 0.1) is 5.82 Å². The molecule has 0 atom stereocenters. The molecule has 1 aliphatic rings. The SMILES string of the molecule is O=C(Oc1cc(-c2sc3ccccc3c2C(=O)c2ccc(CF)cc2)ccc1OCCN1CCCC1)c1ccc(F)cc1. The van der Waals surface area contributed by atoms with Gasteiger partial charge in [-0.2, -0.15) is 0 Å². The molecule has 0 saturated carbocycles. The van der Waals surface area contributed by atoms with Crippen molar-refractivity contribution in [2.75, 3.05) is 26.2 Å². The highest BCUT2D eigenvalue weighted by atomic mass is 32.1. The Labute approximate surface area is 252 Å². The topological polar surface area (TPSA) is 55.8 Å². The number of carbonyl (C=O) groups is 2. The molecule has 0 bridgehead atoms. The zero-order valence-corrected chi connectivity index (χ0v) is 24.2. The van der Waals surface area contributed by atoms with Gasteiger partial charge in [0.25, 0.3) is 0 Å². The molecule has 4 aromatic carbocycles. The van der Waals surface area contributed by atoms with Gasteiger partial charge in [0.2, 0.25) is 0 Å². The number of nitrogens with zero attached hydrogens (tertiary/aromatic N) is 1. The van der Waals surface area contributed by atoms with E-state index in [1.54, 1.807) is 36.4 Å². The fourth-order valence-corrected chi connectivity index (χ4v) is 6.44. The number of hydrogen-bond donors (Lipinski definition) is 0. The Kier molecular flexibility index (Phi) is 8.58. The number of benzene rings is 4. The zero-order valence-electron chi connectivity index (χ0n) is 23.4. The number of likely N-dealkylation sites (tertiary alicyclic amines) is 1. The second kappa shape index (κ2) is 12.9. The number of hydrogen-bond acceptors (Lipinski definition) is 6. The average Bonchev–Trinajstić information content (AvgIpc) is 3.70. The summed E-state index contributed by atoms with van der Waals surface area (Å²) in [6.07, 6.45) is 2.34. The monoisotopic (exact) mass is 597 g/mol. The lowest BCUT2D eigenvalue weighted by atomic mass is 9.97. The van der Waals surface area contributed by atoms with Crippen molar-refractivity contribution in [3.63, 3.8) is 0 Å². The van der Waals surface area contributed by atoms with Crippen LogP contribution in [-0.4, -0.2) is 42.9 Å². The van der Waals surface area contributed by atoms with E-state index in [2.05, 4.69) is 4.90 Å². The molecule has 5 nitrogen and oxygen atoms in total. The average molecular weight is 598 g/mol. The first-order chi connectivity index (χ1) is 21.0. The van der Waals surface area contributed by atoms with E-state index in [1.807, 2.05) is 30.3 Å². The molecule has 1 aliphatic heterocycles. The van der Waals surface area contributed by atoms with Gasteiger partial charge in [-0.25, -0.2) is 13.6 Å². The Morgan fingerprint density at radius 2 is 1.56 bits per heavy atom. The number of ether oxygens (including phenoxy) is 2.